The first-order valence-corrected chi connectivity index (χ1v) is 11.1. The number of hydrogen-bond acceptors (Lipinski definition) is 4. The van der Waals surface area contributed by atoms with Gasteiger partial charge >= 0.3 is 0 Å². The van der Waals surface area contributed by atoms with E-state index in [4.69, 9.17) is 0 Å². The maximum atomic E-state index is 12.7. The van der Waals surface area contributed by atoms with E-state index in [0.29, 0.717) is 12.5 Å². The lowest BCUT2D eigenvalue weighted by Gasteiger charge is -2.34. The molecule has 0 radical (unpaired) electrons. The number of hydrogen-bond donors (Lipinski definition) is 2. The minimum Gasteiger partial charge on any atom is -0.361 e. The number of aromatic nitrogens is 4. The van der Waals surface area contributed by atoms with Crippen LogP contribution in [-0.2, 0) is 11.2 Å². The van der Waals surface area contributed by atoms with Crippen molar-refractivity contribution in [2.45, 2.75) is 38.1 Å². The predicted molar refractivity (Wildman–Crippen MR) is 121 cm³/mol. The quantitative estimate of drug-likeness (QED) is 0.506. The number of carbonyl (C=O) groups excluding carboxylic acids is 1. The first-order chi connectivity index (χ1) is 15.2. The molecule has 1 aliphatic heterocycles. The Morgan fingerprint density at radius 1 is 1.16 bits per heavy atom. The summed E-state index contributed by atoms with van der Waals surface area (Å²) in [5, 5.41) is 13.1. The van der Waals surface area contributed by atoms with E-state index >= 15 is 0 Å². The summed E-state index contributed by atoms with van der Waals surface area (Å²) in [6, 6.07) is 14.1. The summed E-state index contributed by atoms with van der Waals surface area (Å²) in [5.41, 5.74) is 3.27. The van der Waals surface area contributed by atoms with Gasteiger partial charge in [-0.15, -0.1) is 10.2 Å². The molecule has 0 saturated carbocycles. The number of pyridine rings is 1. The SMILES string of the molecule is CC(C(=O)NCCc1c[nH]c2ccccc12)N1CCC(c2nnc3ccccn23)CC1. The number of nitrogens with zero attached hydrogens (tertiary/aromatic N) is 4. The second-order valence-electron chi connectivity index (χ2n) is 8.37. The number of nitrogens with one attached hydrogen (secondary N) is 2. The van der Waals surface area contributed by atoms with E-state index in [1.165, 1.54) is 10.9 Å². The van der Waals surface area contributed by atoms with Crippen LogP contribution >= 0.6 is 0 Å². The Kier molecular flexibility index (Phi) is 5.42. The number of carbonyl (C=O) groups is 1. The van der Waals surface area contributed by atoms with Crippen molar-refractivity contribution in [3.05, 3.63) is 66.2 Å². The Morgan fingerprint density at radius 3 is 2.84 bits per heavy atom. The molecule has 1 saturated heterocycles. The predicted octanol–water partition coefficient (Wildman–Crippen LogP) is 3.14. The Balaban J connectivity index is 1.13. The number of rotatable bonds is 6. The molecule has 160 valence electrons. The third kappa shape index (κ3) is 3.93. The third-order valence-electron chi connectivity index (χ3n) is 6.53. The van der Waals surface area contributed by atoms with E-state index < -0.39 is 0 Å². The number of H-pyrrole nitrogens is 1. The van der Waals surface area contributed by atoms with Gasteiger partial charge in [-0.2, -0.15) is 0 Å². The fourth-order valence-electron chi connectivity index (χ4n) is 4.66. The average Bonchev–Trinajstić information content (AvgIpc) is 3.43. The van der Waals surface area contributed by atoms with Gasteiger partial charge in [0.1, 0.15) is 5.82 Å². The van der Waals surface area contributed by atoms with Crippen LogP contribution in [0.3, 0.4) is 0 Å². The molecule has 5 rings (SSSR count). The van der Waals surface area contributed by atoms with Gasteiger partial charge in [0.25, 0.3) is 0 Å². The number of piperidine rings is 1. The van der Waals surface area contributed by atoms with Crippen molar-refractivity contribution in [1.82, 2.24) is 29.8 Å². The van der Waals surface area contributed by atoms with Gasteiger partial charge < -0.3 is 10.3 Å². The van der Waals surface area contributed by atoms with Crippen LogP contribution < -0.4 is 5.32 Å². The van der Waals surface area contributed by atoms with Gasteiger partial charge in [-0.05, 0) is 63.0 Å². The molecule has 1 amide bonds. The molecule has 3 aromatic heterocycles. The molecular weight excluding hydrogens is 388 g/mol. The minimum atomic E-state index is -0.126. The largest absolute Gasteiger partial charge is 0.361 e. The maximum absolute atomic E-state index is 12.7. The highest BCUT2D eigenvalue weighted by molar-refractivity contribution is 5.83. The average molecular weight is 417 g/mol. The van der Waals surface area contributed by atoms with Crippen LogP contribution in [0.5, 0.6) is 0 Å². The van der Waals surface area contributed by atoms with Crippen LogP contribution in [0.15, 0.2) is 54.9 Å². The summed E-state index contributed by atoms with van der Waals surface area (Å²) in [4.78, 5) is 18.3. The zero-order valence-corrected chi connectivity index (χ0v) is 17.8. The van der Waals surface area contributed by atoms with Crippen LogP contribution in [-0.4, -0.2) is 56.1 Å². The van der Waals surface area contributed by atoms with Crippen molar-refractivity contribution in [2.24, 2.45) is 0 Å². The lowest BCUT2D eigenvalue weighted by Crippen LogP contribution is -2.48. The second kappa shape index (κ2) is 8.51. The molecule has 7 nitrogen and oxygen atoms in total. The summed E-state index contributed by atoms with van der Waals surface area (Å²) in [6.45, 7) is 4.44. The Bertz CT molecular complexity index is 1190. The molecule has 0 aliphatic carbocycles. The first-order valence-electron chi connectivity index (χ1n) is 11.1. The van der Waals surface area contributed by atoms with Crippen molar-refractivity contribution in [3.63, 3.8) is 0 Å². The van der Waals surface area contributed by atoms with Gasteiger partial charge in [0.2, 0.25) is 5.91 Å². The van der Waals surface area contributed by atoms with Gasteiger partial charge in [-0.1, -0.05) is 24.3 Å². The summed E-state index contributed by atoms with van der Waals surface area (Å²) in [6.07, 6.45) is 6.87. The smallest absolute Gasteiger partial charge is 0.237 e. The molecule has 2 N–H and O–H groups in total. The molecule has 1 unspecified atom stereocenters. The number of para-hydroxylation sites is 1. The lowest BCUT2D eigenvalue weighted by atomic mass is 9.95. The summed E-state index contributed by atoms with van der Waals surface area (Å²) in [7, 11) is 0. The monoisotopic (exact) mass is 416 g/mol. The molecule has 1 atom stereocenters. The van der Waals surface area contributed by atoms with Crippen molar-refractivity contribution >= 4 is 22.5 Å². The standard InChI is InChI=1S/C24H28N6O/c1-17(24(31)25-12-9-19-16-26-21-7-3-2-6-20(19)21)29-14-10-18(11-15-29)23-28-27-22-8-4-5-13-30(22)23/h2-8,13,16-18,26H,9-12,14-15H2,1H3,(H,25,31). The van der Waals surface area contributed by atoms with Crippen molar-refractivity contribution < 1.29 is 4.79 Å². The number of aromatic amines is 1. The van der Waals surface area contributed by atoms with Gasteiger partial charge in [0.05, 0.1) is 6.04 Å². The Labute approximate surface area is 181 Å². The van der Waals surface area contributed by atoms with Crippen LogP contribution in [0.2, 0.25) is 0 Å². The molecule has 0 spiro atoms. The van der Waals surface area contributed by atoms with Crippen LogP contribution in [0.1, 0.15) is 37.1 Å². The summed E-state index contributed by atoms with van der Waals surface area (Å²) in [5.74, 6) is 1.52. The molecule has 1 aromatic carbocycles. The van der Waals surface area contributed by atoms with Crippen molar-refractivity contribution in [3.8, 4) is 0 Å². The summed E-state index contributed by atoms with van der Waals surface area (Å²) >= 11 is 0. The van der Waals surface area contributed by atoms with Crippen LogP contribution in [0.4, 0.5) is 0 Å². The number of amides is 1. The van der Waals surface area contributed by atoms with Gasteiger partial charge in [-0.3, -0.25) is 14.1 Å². The Hall–Kier alpha value is -3.19. The van der Waals surface area contributed by atoms with Crippen LogP contribution in [0, 0.1) is 0 Å². The van der Waals surface area contributed by atoms with E-state index in [0.717, 1.165) is 49.3 Å². The summed E-state index contributed by atoms with van der Waals surface area (Å²) < 4.78 is 2.08. The first kappa shape index (κ1) is 19.8. The van der Waals surface area contributed by atoms with Crippen molar-refractivity contribution in [1.29, 1.82) is 0 Å². The van der Waals surface area contributed by atoms with Crippen LogP contribution in [0.25, 0.3) is 16.6 Å². The number of likely N-dealkylation sites (tertiary alicyclic amines) is 1. The molecule has 0 bridgehead atoms. The van der Waals surface area contributed by atoms with E-state index in [2.05, 4.69) is 41.9 Å². The molecule has 7 heteroatoms. The van der Waals surface area contributed by atoms with Gasteiger partial charge in [0, 0.05) is 35.8 Å². The molecular formula is C24H28N6O. The minimum absolute atomic E-state index is 0.103. The normalized spacial score (nSPS) is 16.7. The number of benzene rings is 1. The molecule has 31 heavy (non-hydrogen) atoms. The van der Waals surface area contributed by atoms with E-state index in [1.54, 1.807) is 0 Å². The highest BCUT2D eigenvalue weighted by Crippen LogP contribution is 2.28. The fraction of sp³-hybridized carbons (Fsp3) is 0.375. The molecule has 4 aromatic rings. The van der Waals surface area contributed by atoms with E-state index in [1.807, 2.05) is 49.6 Å². The van der Waals surface area contributed by atoms with E-state index in [9.17, 15) is 4.79 Å². The Morgan fingerprint density at radius 2 is 1.97 bits per heavy atom. The highest BCUT2D eigenvalue weighted by Gasteiger charge is 2.29. The number of fused-ring (bicyclic) bond motifs is 2. The van der Waals surface area contributed by atoms with E-state index in [-0.39, 0.29) is 11.9 Å². The van der Waals surface area contributed by atoms with Crippen molar-refractivity contribution in [2.75, 3.05) is 19.6 Å². The zero-order chi connectivity index (χ0) is 21.2. The molecule has 4 heterocycles. The van der Waals surface area contributed by atoms with Gasteiger partial charge in [0.15, 0.2) is 5.65 Å². The maximum Gasteiger partial charge on any atom is 0.237 e. The third-order valence-corrected chi connectivity index (χ3v) is 6.53. The topological polar surface area (TPSA) is 78.3 Å². The lowest BCUT2D eigenvalue weighted by molar-refractivity contribution is -0.126. The zero-order valence-electron chi connectivity index (χ0n) is 17.8. The fourth-order valence-corrected chi connectivity index (χ4v) is 4.66. The van der Waals surface area contributed by atoms with Gasteiger partial charge in [-0.25, -0.2) is 0 Å². The molecule has 1 fully saturated rings. The highest BCUT2D eigenvalue weighted by atomic mass is 16.2. The molecule has 1 aliphatic rings. The second-order valence-corrected chi connectivity index (χ2v) is 8.37.